The molecule has 25 heavy (non-hydrogen) atoms. The summed E-state index contributed by atoms with van der Waals surface area (Å²) < 4.78 is 0. The molecule has 0 saturated carbocycles. The molecule has 2 atom stereocenters. The Labute approximate surface area is 159 Å². The predicted octanol–water partition coefficient (Wildman–Crippen LogP) is 4.26. The summed E-state index contributed by atoms with van der Waals surface area (Å²) in [5, 5.41) is 10.1. The third kappa shape index (κ3) is 3.78. The van der Waals surface area contributed by atoms with E-state index in [1.165, 1.54) is 16.7 Å². The predicted molar refractivity (Wildman–Crippen MR) is 100 cm³/mol. The van der Waals surface area contributed by atoms with Crippen LogP contribution < -0.4 is 0 Å². The van der Waals surface area contributed by atoms with Gasteiger partial charge in [0.05, 0.1) is 5.75 Å². The number of carbonyl (C=O) groups is 2. The standard InChI is InChI=1S/C18H15Cl2NO3S/c19-12-7-4-8-13(20)16(12)17-21(15(22)10-25-17)14(18(23)24)9-11-5-2-1-3-6-11/h1-8,14,17H,9-10H2,(H,23,24)/t14-,17?/m0/s1. The maximum Gasteiger partial charge on any atom is 0.326 e. The summed E-state index contributed by atoms with van der Waals surface area (Å²) in [7, 11) is 0. The topological polar surface area (TPSA) is 57.6 Å². The molecule has 2 aromatic carbocycles. The molecule has 0 spiro atoms. The highest BCUT2D eigenvalue weighted by Gasteiger charge is 2.42. The maximum atomic E-state index is 12.5. The van der Waals surface area contributed by atoms with Gasteiger partial charge in [-0.2, -0.15) is 0 Å². The van der Waals surface area contributed by atoms with Crippen LogP contribution in [-0.4, -0.2) is 33.7 Å². The quantitative estimate of drug-likeness (QED) is 0.821. The van der Waals surface area contributed by atoms with Gasteiger partial charge in [0.1, 0.15) is 11.4 Å². The van der Waals surface area contributed by atoms with Crippen molar-refractivity contribution in [3.05, 3.63) is 69.7 Å². The van der Waals surface area contributed by atoms with Crippen molar-refractivity contribution in [2.24, 2.45) is 0 Å². The van der Waals surface area contributed by atoms with Gasteiger partial charge in [-0.25, -0.2) is 4.79 Å². The van der Waals surface area contributed by atoms with E-state index in [0.29, 0.717) is 15.6 Å². The highest BCUT2D eigenvalue weighted by Crippen LogP contribution is 2.45. The summed E-state index contributed by atoms with van der Waals surface area (Å²) in [5.74, 6) is -1.08. The maximum absolute atomic E-state index is 12.5. The van der Waals surface area contributed by atoms with Crippen LogP contribution in [0.4, 0.5) is 0 Å². The Balaban J connectivity index is 1.98. The van der Waals surface area contributed by atoms with Gasteiger partial charge in [0.25, 0.3) is 0 Å². The summed E-state index contributed by atoms with van der Waals surface area (Å²) in [6.07, 6.45) is 0.223. The van der Waals surface area contributed by atoms with Crippen molar-refractivity contribution in [3.63, 3.8) is 0 Å². The molecule has 2 aromatic rings. The molecule has 4 nitrogen and oxygen atoms in total. The van der Waals surface area contributed by atoms with E-state index < -0.39 is 17.4 Å². The minimum Gasteiger partial charge on any atom is -0.480 e. The molecule has 1 aliphatic rings. The molecule has 1 amide bonds. The van der Waals surface area contributed by atoms with E-state index in [2.05, 4.69) is 0 Å². The van der Waals surface area contributed by atoms with Gasteiger partial charge >= 0.3 is 5.97 Å². The molecule has 3 rings (SSSR count). The molecule has 130 valence electrons. The van der Waals surface area contributed by atoms with Crippen LogP contribution in [0.1, 0.15) is 16.5 Å². The summed E-state index contributed by atoms with van der Waals surface area (Å²) >= 11 is 13.9. The number of carboxylic acids is 1. The summed E-state index contributed by atoms with van der Waals surface area (Å²) in [6.45, 7) is 0. The largest absolute Gasteiger partial charge is 0.480 e. The van der Waals surface area contributed by atoms with Gasteiger partial charge in [-0.3, -0.25) is 4.79 Å². The van der Waals surface area contributed by atoms with Crippen molar-refractivity contribution in [1.82, 2.24) is 4.90 Å². The Bertz CT molecular complexity index is 780. The minimum absolute atomic E-state index is 0.199. The lowest BCUT2D eigenvalue weighted by molar-refractivity contribution is -0.149. The molecule has 1 N–H and O–H groups in total. The highest BCUT2D eigenvalue weighted by molar-refractivity contribution is 8.00. The van der Waals surface area contributed by atoms with E-state index in [1.54, 1.807) is 18.2 Å². The van der Waals surface area contributed by atoms with Crippen molar-refractivity contribution < 1.29 is 14.7 Å². The average Bonchev–Trinajstić information content (AvgIpc) is 2.94. The number of hydrogen-bond acceptors (Lipinski definition) is 3. The summed E-state index contributed by atoms with van der Waals surface area (Å²) in [4.78, 5) is 25.8. The Morgan fingerprint density at radius 1 is 1.16 bits per heavy atom. The fourth-order valence-electron chi connectivity index (χ4n) is 2.88. The number of halogens is 2. The van der Waals surface area contributed by atoms with E-state index in [-0.39, 0.29) is 18.1 Å². The van der Waals surface area contributed by atoms with E-state index in [0.717, 1.165) is 5.56 Å². The van der Waals surface area contributed by atoms with Crippen molar-refractivity contribution in [2.45, 2.75) is 17.8 Å². The molecule has 0 aromatic heterocycles. The molecule has 1 saturated heterocycles. The fraction of sp³-hybridized carbons (Fsp3) is 0.222. The third-order valence-corrected chi connectivity index (χ3v) is 5.90. The van der Waals surface area contributed by atoms with E-state index in [9.17, 15) is 14.7 Å². The fourth-order valence-corrected chi connectivity index (χ4v) is 4.91. The number of thioether (sulfide) groups is 1. The molecule has 1 heterocycles. The van der Waals surface area contributed by atoms with Crippen molar-refractivity contribution in [2.75, 3.05) is 5.75 Å². The first kappa shape index (κ1) is 18.1. The number of carbonyl (C=O) groups excluding carboxylic acids is 1. The van der Waals surface area contributed by atoms with Crippen LogP contribution in [0.3, 0.4) is 0 Å². The molecular weight excluding hydrogens is 381 g/mol. The first-order chi connectivity index (χ1) is 12.0. The third-order valence-electron chi connectivity index (χ3n) is 4.04. The minimum atomic E-state index is -1.05. The van der Waals surface area contributed by atoms with Crippen LogP contribution in [0, 0.1) is 0 Å². The Hall–Kier alpha value is -1.69. The zero-order chi connectivity index (χ0) is 18.0. The SMILES string of the molecule is O=C(O)[C@H](Cc1ccccc1)N1C(=O)CSC1c1c(Cl)cccc1Cl. The van der Waals surface area contributed by atoms with Crippen LogP contribution >= 0.6 is 35.0 Å². The van der Waals surface area contributed by atoms with Crippen molar-refractivity contribution in [1.29, 1.82) is 0 Å². The molecule has 1 fully saturated rings. The normalized spacial score (nSPS) is 18.4. The number of amides is 1. The van der Waals surface area contributed by atoms with Gasteiger partial charge in [-0.15, -0.1) is 11.8 Å². The average molecular weight is 396 g/mol. The summed E-state index contributed by atoms with van der Waals surface area (Å²) in [5.41, 5.74) is 1.43. The second-order valence-corrected chi connectivity index (χ2v) is 7.53. The number of nitrogens with zero attached hydrogens (tertiary/aromatic N) is 1. The number of aliphatic carboxylic acids is 1. The van der Waals surface area contributed by atoms with Gasteiger partial charge in [0.15, 0.2) is 0 Å². The number of benzene rings is 2. The monoisotopic (exact) mass is 395 g/mol. The molecule has 1 aliphatic heterocycles. The Morgan fingerprint density at radius 3 is 2.40 bits per heavy atom. The molecule has 1 unspecified atom stereocenters. The number of carboxylic acid groups (broad SMARTS) is 1. The number of hydrogen-bond donors (Lipinski definition) is 1. The molecule has 0 bridgehead atoms. The van der Waals surface area contributed by atoms with Gasteiger partial charge in [0.2, 0.25) is 5.91 Å². The van der Waals surface area contributed by atoms with Gasteiger partial charge in [0, 0.05) is 22.0 Å². The van der Waals surface area contributed by atoms with Gasteiger partial charge < -0.3 is 10.0 Å². The molecule has 0 aliphatic carbocycles. The van der Waals surface area contributed by atoms with Crippen molar-refractivity contribution in [3.8, 4) is 0 Å². The molecule has 7 heteroatoms. The van der Waals surface area contributed by atoms with Gasteiger partial charge in [-0.05, 0) is 17.7 Å². The second-order valence-electron chi connectivity index (χ2n) is 5.64. The molecule has 0 radical (unpaired) electrons. The van der Waals surface area contributed by atoms with E-state index in [4.69, 9.17) is 23.2 Å². The van der Waals surface area contributed by atoms with E-state index >= 15 is 0 Å². The lowest BCUT2D eigenvalue weighted by atomic mass is 10.0. The van der Waals surface area contributed by atoms with E-state index in [1.807, 2.05) is 30.3 Å². The van der Waals surface area contributed by atoms with Crippen LogP contribution in [0.15, 0.2) is 48.5 Å². The first-order valence-electron chi connectivity index (χ1n) is 7.62. The van der Waals surface area contributed by atoms with Crippen LogP contribution in [0.2, 0.25) is 10.0 Å². The van der Waals surface area contributed by atoms with Crippen LogP contribution in [0.5, 0.6) is 0 Å². The highest BCUT2D eigenvalue weighted by atomic mass is 35.5. The number of rotatable bonds is 5. The smallest absolute Gasteiger partial charge is 0.326 e. The van der Waals surface area contributed by atoms with Crippen LogP contribution in [-0.2, 0) is 16.0 Å². The zero-order valence-corrected chi connectivity index (χ0v) is 15.4. The Kier molecular flexibility index (Phi) is 5.57. The molecular formula is C18H15Cl2NO3S. The van der Waals surface area contributed by atoms with Gasteiger partial charge in [-0.1, -0.05) is 59.6 Å². The van der Waals surface area contributed by atoms with Crippen LogP contribution in [0.25, 0.3) is 0 Å². The Morgan fingerprint density at radius 2 is 1.80 bits per heavy atom. The lowest BCUT2D eigenvalue weighted by Gasteiger charge is -2.31. The first-order valence-corrected chi connectivity index (χ1v) is 9.43. The van der Waals surface area contributed by atoms with Crippen molar-refractivity contribution >= 4 is 46.8 Å². The summed E-state index contributed by atoms with van der Waals surface area (Å²) in [6, 6.07) is 13.4. The zero-order valence-electron chi connectivity index (χ0n) is 13.1. The lowest BCUT2D eigenvalue weighted by Crippen LogP contribution is -2.45. The second kappa shape index (κ2) is 7.68.